The first-order valence-corrected chi connectivity index (χ1v) is 5.54. The first-order chi connectivity index (χ1) is 8.06. The fourth-order valence-corrected chi connectivity index (χ4v) is 1.68. The molecule has 0 bridgehead atoms. The van der Waals surface area contributed by atoms with Crippen LogP contribution in [-0.2, 0) is 10.0 Å². The topological polar surface area (TPSA) is 46.2 Å². The van der Waals surface area contributed by atoms with Gasteiger partial charge in [-0.2, -0.15) is 39.5 Å². The van der Waals surface area contributed by atoms with E-state index in [2.05, 4.69) is 0 Å². The summed E-state index contributed by atoms with van der Waals surface area (Å²) in [5.41, 5.74) is 0. The minimum absolute atomic E-state index is 0.144. The van der Waals surface area contributed by atoms with Crippen LogP contribution in [-0.4, -0.2) is 31.7 Å². The average Bonchev–Trinajstić information content (AvgIpc) is 2.14. The van der Waals surface area contributed by atoms with Crippen LogP contribution in [0.2, 0.25) is 0 Å². The second-order valence-corrected chi connectivity index (χ2v) is 4.83. The first kappa shape index (κ1) is 18.3. The number of halogens is 9. The molecule has 0 spiro atoms. The molecule has 0 aromatic heterocycles. The van der Waals surface area contributed by atoms with E-state index >= 15 is 0 Å². The Bertz CT molecular complexity index is 426. The maximum atomic E-state index is 12.8. The Hall–Kier alpha value is -0.720. The Morgan fingerprint density at radius 1 is 0.842 bits per heavy atom. The van der Waals surface area contributed by atoms with Crippen LogP contribution < -0.4 is 4.72 Å². The lowest BCUT2D eigenvalue weighted by Gasteiger charge is -2.32. The van der Waals surface area contributed by atoms with Crippen molar-refractivity contribution in [1.82, 2.24) is 4.72 Å². The van der Waals surface area contributed by atoms with Gasteiger partial charge in [-0.05, 0) is 6.92 Å². The van der Waals surface area contributed by atoms with Crippen LogP contribution in [0.25, 0.3) is 0 Å². The number of sulfonamides is 1. The molecule has 115 valence electrons. The quantitative estimate of drug-likeness (QED) is 0.789. The Morgan fingerprint density at radius 2 is 1.21 bits per heavy atom. The molecule has 1 radical (unpaired) electrons. The lowest BCUT2D eigenvalue weighted by atomic mass is 10.1. The van der Waals surface area contributed by atoms with Crippen LogP contribution in [0.1, 0.15) is 6.92 Å². The predicted octanol–water partition coefficient (Wildman–Crippen LogP) is 2.51. The van der Waals surface area contributed by atoms with Gasteiger partial charge in [-0.25, -0.2) is 13.1 Å². The van der Waals surface area contributed by atoms with E-state index in [1.807, 2.05) is 0 Å². The second kappa shape index (κ2) is 4.68. The highest BCUT2D eigenvalue weighted by Crippen LogP contribution is 2.54. The summed E-state index contributed by atoms with van der Waals surface area (Å²) < 4.78 is 132. The molecule has 0 fully saturated rings. The van der Waals surface area contributed by atoms with E-state index in [1.54, 1.807) is 0 Å². The number of hydrogen-bond acceptors (Lipinski definition) is 2. The summed E-state index contributed by atoms with van der Waals surface area (Å²) in [7, 11) is -6.48. The van der Waals surface area contributed by atoms with Crippen molar-refractivity contribution in [3.63, 3.8) is 0 Å². The lowest BCUT2D eigenvalue weighted by Crippen LogP contribution is -2.64. The van der Waals surface area contributed by atoms with Gasteiger partial charge in [0.2, 0.25) is 0 Å². The molecule has 0 aromatic carbocycles. The molecule has 3 nitrogen and oxygen atoms in total. The van der Waals surface area contributed by atoms with E-state index in [1.165, 1.54) is 0 Å². The molecule has 0 saturated carbocycles. The summed E-state index contributed by atoms with van der Waals surface area (Å²) in [6.45, 7) is 0.846. The fraction of sp³-hybridized carbons (Fsp3) is 0.833. The van der Waals surface area contributed by atoms with Gasteiger partial charge in [0.15, 0.2) is 0 Å². The molecule has 0 rings (SSSR count). The van der Waals surface area contributed by atoms with Gasteiger partial charge in [0.05, 0.1) is 0 Å². The minimum atomic E-state index is -7.24. The monoisotopic (exact) mass is 326 g/mol. The maximum absolute atomic E-state index is 12.8. The van der Waals surface area contributed by atoms with Crippen LogP contribution >= 0.6 is 0 Å². The number of rotatable bonds is 5. The normalized spacial score (nSPS) is 15.7. The van der Waals surface area contributed by atoms with Gasteiger partial charge in [-0.1, -0.05) is 0 Å². The number of alkyl halides is 9. The average molecular weight is 326 g/mol. The highest BCUT2D eigenvalue weighted by Gasteiger charge is 2.85. The summed E-state index contributed by atoms with van der Waals surface area (Å²) >= 11 is 0. The molecule has 0 aromatic rings. The summed E-state index contributed by atoms with van der Waals surface area (Å²) in [6, 6.07) is 0. The van der Waals surface area contributed by atoms with Gasteiger partial charge in [0.25, 0.3) is 10.0 Å². The Balaban J connectivity index is 5.92. The highest BCUT2D eigenvalue weighted by atomic mass is 32.2. The van der Waals surface area contributed by atoms with Crippen LogP contribution in [0.15, 0.2) is 0 Å². The first-order valence-electron chi connectivity index (χ1n) is 4.06. The van der Waals surface area contributed by atoms with Gasteiger partial charge in [0, 0.05) is 6.54 Å². The van der Waals surface area contributed by atoms with E-state index < -0.39 is 33.3 Å². The molecule has 0 amide bonds. The zero-order valence-electron chi connectivity index (χ0n) is 8.70. The molecule has 13 heteroatoms. The Labute approximate surface area is 100 Å². The van der Waals surface area contributed by atoms with Crippen molar-refractivity contribution >= 4 is 10.0 Å². The third kappa shape index (κ3) is 2.61. The number of hydrogen-bond donors (Lipinski definition) is 1. The van der Waals surface area contributed by atoms with Crippen LogP contribution in [0.5, 0.6) is 0 Å². The largest absolute Gasteiger partial charge is 0.460 e. The number of nitrogens with one attached hydrogen (secondary N) is 1. The maximum Gasteiger partial charge on any atom is 0.460 e. The lowest BCUT2D eigenvalue weighted by molar-refractivity contribution is -0.382. The summed E-state index contributed by atoms with van der Waals surface area (Å²) in [4.78, 5) is 0. The van der Waals surface area contributed by atoms with Crippen LogP contribution in [0.4, 0.5) is 39.5 Å². The van der Waals surface area contributed by atoms with Crippen LogP contribution in [0, 0.1) is 6.54 Å². The van der Waals surface area contributed by atoms with Gasteiger partial charge in [0.1, 0.15) is 0 Å². The standard InChI is InChI=1S/C6H5F9NO2S/c1-2-16-19(17,18)6(14,15)4(9,10)3(7,8)5(11,12)13/h2,16H,1H3. The molecule has 0 heterocycles. The summed E-state index contributed by atoms with van der Waals surface area (Å²) in [5.74, 6) is -14.4. The van der Waals surface area contributed by atoms with E-state index in [4.69, 9.17) is 0 Å². The Kier molecular flexibility index (Phi) is 4.50. The smallest absolute Gasteiger partial charge is 0.206 e. The van der Waals surface area contributed by atoms with Crippen molar-refractivity contribution < 1.29 is 47.9 Å². The molecule has 0 saturated heterocycles. The van der Waals surface area contributed by atoms with Crippen molar-refractivity contribution in [2.24, 2.45) is 0 Å². The van der Waals surface area contributed by atoms with Crippen LogP contribution in [0.3, 0.4) is 0 Å². The molecule has 0 unspecified atom stereocenters. The molecule has 19 heavy (non-hydrogen) atoms. The van der Waals surface area contributed by atoms with Gasteiger partial charge in [-0.15, -0.1) is 0 Å². The van der Waals surface area contributed by atoms with Gasteiger partial charge in [-0.3, -0.25) is 0 Å². The summed E-state index contributed by atoms with van der Waals surface area (Å²) in [6.07, 6.45) is -7.06. The molecule has 1 N–H and O–H groups in total. The molecule has 0 aliphatic carbocycles. The van der Waals surface area contributed by atoms with Crippen molar-refractivity contribution in [2.75, 3.05) is 0 Å². The van der Waals surface area contributed by atoms with Crippen molar-refractivity contribution in [3.8, 4) is 0 Å². The van der Waals surface area contributed by atoms with Crippen molar-refractivity contribution in [2.45, 2.75) is 30.2 Å². The van der Waals surface area contributed by atoms with E-state index in [9.17, 15) is 47.9 Å². The zero-order valence-corrected chi connectivity index (χ0v) is 9.52. The summed E-state index contributed by atoms with van der Waals surface area (Å²) in [5, 5.41) is -6.69. The molecule has 0 atom stereocenters. The van der Waals surface area contributed by atoms with E-state index in [-0.39, 0.29) is 6.54 Å². The second-order valence-electron chi connectivity index (χ2n) is 3.07. The van der Waals surface area contributed by atoms with Gasteiger partial charge >= 0.3 is 23.3 Å². The van der Waals surface area contributed by atoms with Crippen molar-refractivity contribution in [1.29, 1.82) is 0 Å². The SMILES string of the molecule is C[CH]NS(=O)(=O)C(F)(F)C(F)(F)C(F)(F)C(F)(F)F. The third-order valence-corrected chi connectivity index (χ3v) is 3.20. The third-order valence-electron chi connectivity index (χ3n) is 1.73. The van der Waals surface area contributed by atoms with E-state index in [0.29, 0.717) is 11.6 Å². The van der Waals surface area contributed by atoms with E-state index in [0.717, 1.165) is 0 Å². The molecule has 0 aliphatic heterocycles. The predicted molar refractivity (Wildman–Crippen MR) is 42.9 cm³/mol. The highest BCUT2D eigenvalue weighted by molar-refractivity contribution is 7.90. The fourth-order valence-electron chi connectivity index (χ4n) is 0.759. The minimum Gasteiger partial charge on any atom is -0.206 e. The zero-order chi connectivity index (χ0) is 15.9. The molecular weight excluding hydrogens is 321 g/mol. The molecule has 0 aliphatic rings. The molecular formula is C6H5F9NO2S. The van der Waals surface area contributed by atoms with Gasteiger partial charge < -0.3 is 0 Å². The van der Waals surface area contributed by atoms with Crippen molar-refractivity contribution in [3.05, 3.63) is 6.54 Å². The Morgan fingerprint density at radius 3 is 1.47 bits per heavy atom.